The van der Waals surface area contributed by atoms with E-state index in [1.165, 1.54) is 6.92 Å². The van der Waals surface area contributed by atoms with Crippen LogP contribution in [0, 0.1) is 17.8 Å². The smallest absolute Gasteiger partial charge is 0.302 e. The molecular weight excluding hydrogens is 386 g/mol. The molecule has 7 nitrogen and oxygen atoms in total. The Morgan fingerprint density at radius 3 is 2.57 bits per heavy atom. The third kappa shape index (κ3) is 7.01. The molecule has 168 valence electrons. The summed E-state index contributed by atoms with van der Waals surface area (Å²) < 4.78 is 23.1. The molecule has 3 aliphatic rings. The molecule has 3 heterocycles. The molecule has 2 saturated heterocycles. The normalized spacial score (nSPS) is 33.5. The topological polar surface area (TPSA) is 87.1 Å². The van der Waals surface area contributed by atoms with Gasteiger partial charge in [0.05, 0.1) is 25.4 Å². The molecule has 7 heteroatoms. The summed E-state index contributed by atoms with van der Waals surface area (Å²) in [7, 11) is 0. The van der Waals surface area contributed by atoms with E-state index in [4.69, 9.17) is 18.9 Å². The molecule has 0 radical (unpaired) electrons. The Labute approximate surface area is 179 Å². The third-order valence-corrected chi connectivity index (χ3v) is 6.19. The molecule has 0 aromatic carbocycles. The number of rotatable bonds is 5. The first-order valence-corrected chi connectivity index (χ1v) is 11.1. The Morgan fingerprint density at radius 1 is 1.13 bits per heavy atom. The number of aliphatic hydroxyl groups is 1. The highest BCUT2D eigenvalue weighted by atomic mass is 16.7. The molecule has 0 amide bonds. The predicted octanol–water partition coefficient (Wildman–Crippen LogP) is 2.97. The van der Waals surface area contributed by atoms with Crippen molar-refractivity contribution in [2.45, 2.75) is 63.9 Å². The minimum Gasteiger partial charge on any atom is -0.465 e. The van der Waals surface area contributed by atoms with E-state index in [1.54, 1.807) is 12.4 Å². The minimum absolute atomic E-state index is 0.0121. The van der Waals surface area contributed by atoms with Gasteiger partial charge in [0.2, 0.25) is 0 Å². The van der Waals surface area contributed by atoms with Crippen LogP contribution in [0.25, 0.3) is 0 Å². The summed E-state index contributed by atoms with van der Waals surface area (Å²) in [6.45, 7) is 3.36. The van der Waals surface area contributed by atoms with Crippen molar-refractivity contribution in [2.24, 2.45) is 17.8 Å². The fourth-order valence-electron chi connectivity index (χ4n) is 4.59. The summed E-state index contributed by atoms with van der Waals surface area (Å²) in [5, 5.41) is 9.89. The first-order chi connectivity index (χ1) is 14.7. The van der Waals surface area contributed by atoms with Gasteiger partial charge in [-0.25, -0.2) is 0 Å². The molecule has 1 aromatic heterocycles. The number of pyridine rings is 1. The quantitative estimate of drug-likeness (QED) is 0.732. The van der Waals surface area contributed by atoms with E-state index in [0.29, 0.717) is 19.1 Å². The number of carbonyl (C=O) groups excluding carboxylic acids is 1. The van der Waals surface area contributed by atoms with Crippen molar-refractivity contribution < 1.29 is 28.8 Å². The fourth-order valence-corrected chi connectivity index (χ4v) is 4.59. The van der Waals surface area contributed by atoms with Gasteiger partial charge >= 0.3 is 5.97 Å². The monoisotopic (exact) mass is 421 g/mol. The highest BCUT2D eigenvalue weighted by Gasteiger charge is 2.46. The van der Waals surface area contributed by atoms with Crippen molar-refractivity contribution in [3.8, 4) is 0 Å². The second-order valence-corrected chi connectivity index (χ2v) is 8.36. The first-order valence-electron chi connectivity index (χ1n) is 11.1. The van der Waals surface area contributed by atoms with E-state index < -0.39 is 0 Å². The van der Waals surface area contributed by atoms with Gasteiger partial charge in [-0.2, -0.15) is 0 Å². The van der Waals surface area contributed by atoms with Gasteiger partial charge in [0.1, 0.15) is 0 Å². The summed E-state index contributed by atoms with van der Waals surface area (Å²) in [6, 6.07) is 5.72. The second kappa shape index (κ2) is 12.3. The molecule has 1 aromatic rings. The van der Waals surface area contributed by atoms with Gasteiger partial charge in [-0.15, -0.1) is 0 Å². The van der Waals surface area contributed by atoms with E-state index >= 15 is 0 Å². The van der Waals surface area contributed by atoms with Crippen molar-refractivity contribution in [2.75, 3.05) is 26.4 Å². The van der Waals surface area contributed by atoms with Crippen LogP contribution in [-0.2, 0) is 23.7 Å². The van der Waals surface area contributed by atoms with Crippen LogP contribution in [-0.4, -0.2) is 61.0 Å². The maximum atomic E-state index is 11.0. The minimum atomic E-state index is -0.242. The lowest BCUT2D eigenvalue weighted by atomic mass is 9.88. The molecule has 1 aliphatic carbocycles. The number of hydrogen-bond donors (Lipinski definition) is 1. The van der Waals surface area contributed by atoms with Crippen molar-refractivity contribution >= 4 is 5.97 Å². The Morgan fingerprint density at radius 2 is 1.97 bits per heavy atom. The molecule has 4 rings (SSSR count). The molecule has 1 saturated carbocycles. The summed E-state index contributed by atoms with van der Waals surface area (Å²) >= 11 is 0. The maximum absolute atomic E-state index is 11.0. The van der Waals surface area contributed by atoms with Crippen molar-refractivity contribution in [1.82, 2.24) is 4.98 Å². The maximum Gasteiger partial charge on any atom is 0.302 e. The highest BCUT2D eigenvalue weighted by Crippen LogP contribution is 2.42. The Kier molecular flexibility index (Phi) is 9.52. The molecule has 0 spiro atoms. The molecule has 6 atom stereocenters. The van der Waals surface area contributed by atoms with Crippen molar-refractivity contribution in [3.05, 3.63) is 30.6 Å². The van der Waals surface area contributed by atoms with Crippen molar-refractivity contribution in [1.29, 1.82) is 0 Å². The molecule has 30 heavy (non-hydrogen) atoms. The van der Waals surface area contributed by atoms with Gasteiger partial charge in [-0.3, -0.25) is 9.78 Å². The Balaban J connectivity index is 0.000000367. The van der Waals surface area contributed by atoms with Crippen LogP contribution in [0.2, 0.25) is 0 Å². The summed E-state index contributed by atoms with van der Waals surface area (Å²) in [6.07, 6.45) is 9.44. The number of fused-ring (bicyclic) bond motifs is 1. The Hall–Kier alpha value is -1.54. The number of hydrogen-bond acceptors (Lipinski definition) is 7. The summed E-state index contributed by atoms with van der Waals surface area (Å²) in [5.41, 5.74) is 0. The lowest BCUT2D eigenvalue weighted by molar-refractivity contribution is -0.198. The number of esters is 1. The first kappa shape index (κ1) is 23.1. The van der Waals surface area contributed by atoms with E-state index in [1.807, 2.05) is 18.2 Å². The van der Waals surface area contributed by atoms with E-state index in [0.717, 1.165) is 45.1 Å². The lowest BCUT2D eigenvalue weighted by Gasteiger charge is -2.29. The number of ether oxygens (including phenoxy) is 4. The van der Waals surface area contributed by atoms with Crippen LogP contribution >= 0.6 is 0 Å². The number of aromatic nitrogens is 1. The van der Waals surface area contributed by atoms with Crippen LogP contribution in [0.15, 0.2) is 30.6 Å². The lowest BCUT2D eigenvalue weighted by Crippen LogP contribution is -2.33. The average molecular weight is 422 g/mol. The average Bonchev–Trinajstić information content (AvgIpc) is 2.98. The molecule has 1 unspecified atom stereocenters. The van der Waals surface area contributed by atoms with Crippen LogP contribution in [0.1, 0.15) is 45.4 Å². The van der Waals surface area contributed by atoms with Gasteiger partial charge in [0.15, 0.2) is 6.29 Å². The van der Waals surface area contributed by atoms with E-state index in [2.05, 4.69) is 4.98 Å². The van der Waals surface area contributed by atoms with Gasteiger partial charge in [-0.05, 0) is 50.2 Å². The standard InChI is InChI=1S/C18H30O6.C5H5N/c1-12(20)22-10-13-5-6-14-15(9-19)17(8-16(14)23-11-13)24-18-4-2-3-7-21-18;1-2-4-6-5-3-1/h13-19H,2-11H2,1H3;1-5H/t13-,14-,15-,16+,17-,18?;/m1./s1. The van der Waals surface area contributed by atoms with Gasteiger partial charge in [0.25, 0.3) is 0 Å². The van der Waals surface area contributed by atoms with Gasteiger partial charge in [-0.1, -0.05) is 6.07 Å². The molecule has 1 N–H and O–H groups in total. The molecule has 2 aliphatic heterocycles. The van der Waals surface area contributed by atoms with Crippen LogP contribution in [0.3, 0.4) is 0 Å². The van der Waals surface area contributed by atoms with Gasteiger partial charge < -0.3 is 24.1 Å². The van der Waals surface area contributed by atoms with Crippen LogP contribution < -0.4 is 0 Å². The van der Waals surface area contributed by atoms with Crippen LogP contribution in [0.5, 0.6) is 0 Å². The Bertz CT molecular complexity index is 582. The van der Waals surface area contributed by atoms with Crippen LogP contribution in [0.4, 0.5) is 0 Å². The highest BCUT2D eigenvalue weighted by molar-refractivity contribution is 5.65. The second-order valence-electron chi connectivity index (χ2n) is 8.36. The zero-order chi connectivity index (χ0) is 21.2. The van der Waals surface area contributed by atoms with E-state index in [-0.39, 0.29) is 42.9 Å². The third-order valence-electron chi connectivity index (χ3n) is 6.19. The zero-order valence-corrected chi connectivity index (χ0v) is 17.9. The largest absolute Gasteiger partial charge is 0.465 e. The molecule has 0 bridgehead atoms. The molecule has 3 fully saturated rings. The van der Waals surface area contributed by atoms with Crippen molar-refractivity contribution in [3.63, 3.8) is 0 Å². The van der Waals surface area contributed by atoms with Gasteiger partial charge in [0, 0.05) is 50.8 Å². The van der Waals surface area contributed by atoms with E-state index in [9.17, 15) is 9.90 Å². The fraction of sp³-hybridized carbons (Fsp3) is 0.739. The predicted molar refractivity (Wildman–Crippen MR) is 110 cm³/mol. The molecular formula is C23H35NO6. The number of aliphatic hydroxyl groups excluding tert-OH is 1. The summed E-state index contributed by atoms with van der Waals surface area (Å²) in [5.74, 6) is 0.424. The zero-order valence-electron chi connectivity index (χ0n) is 17.9. The summed E-state index contributed by atoms with van der Waals surface area (Å²) in [4.78, 5) is 14.8. The SMILES string of the molecule is CC(=O)OC[C@H]1CC[C@@H]2[C@@H](CO)[C@H](OC3CCCCO3)C[C@@H]2OC1.c1ccncc1. The number of nitrogens with zero attached hydrogens (tertiary/aromatic N) is 1. The number of carbonyl (C=O) groups is 1.